The van der Waals surface area contributed by atoms with Crippen molar-refractivity contribution in [2.24, 2.45) is 0 Å². The summed E-state index contributed by atoms with van der Waals surface area (Å²) in [4.78, 5) is 31.6. The molecule has 6 rings (SSSR count). The Morgan fingerprint density at radius 1 is 0.423 bits per heavy atom. The standard InChI is InChI=1S/C45H47NO6/c47-44(34-18-11-9-12-19-34)40-26-24-38-30-42(40)49-28-15-7-5-3-1-2-4-6-8-16-29-50-43-31-39(52-33-37-23-17-22-36(46-37)32-51-38)25-27-41(43)45(48)35-20-13-10-14-21-35/h9-14,17-27,30-31H,1-8,15-16,28-29,32-33H2. The highest BCUT2D eigenvalue weighted by Gasteiger charge is 2.18. The summed E-state index contributed by atoms with van der Waals surface area (Å²) in [6, 6.07) is 35.1. The number of carbonyl (C=O) groups is 2. The number of hydrogen-bond acceptors (Lipinski definition) is 7. The molecule has 7 heteroatoms. The molecule has 0 saturated carbocycles. The van der Waals surface area contributed by atoms with Crippen LogP contribution in [0.3, 0.4) is 0 Å². The largest absolute Gasteiger partial charge is 0.493 e. The van der Waals surface area contributed by atoms with Crippen LogP contribution >= 0.6 is 0 Å². The maximum absolute atomic E-state index is 13.4. The van der Waals surface area contributed by atoms with Crippen molar-refractivity contribution in [2.75, 3.05) is 13.2 Å². The van der Waals surface area contributed by atoms with Crippen molar-refractivity contribution >= 4 is 11.6 Å². The molecule has 1 aliphatic heterocycles. The molecular weight excluding hydrogens is 650 g/mol. The Labute approximate surface area is 306 Å². The van der Waals surface area contributed by atoms with Crippen LogP contribution < -0.4 is 18.9 Å². The molecule has 1 aliphatic rings. The van der Waals surface area contributed by atoms with Gasteiger partial charge in [0.2, 0.25) is 0 Å². The molecule has 1 aromatic heterocycles. The lowest BCUT2D eigenvalue weighted by atomic mass is 10.0. The fourth-order valence-electron chi connectivity index (χ4n) is 6.28. The number of nitrogens with zero attached hydrogens (tertiary/aromatic N) is 1. The van der Waals surface area contributed by atoms with Crippen LogP contribution in [0.1, 0.15) is 107 Å². The summed E-state index contributed by atoms with van der Waals surface area (Å²) >= 11 is 0. The van der Waals surface area contributed by atoms with E-state index in [1.807, 2.05) is 91.0 Å². The van der Waals surface area contributed by atoms with Crippen LogP contribution in [0.4, 0.5) is 0 Å². The molecule has 2 heterocycles. The molecule has 7 nitrogen and oxygen atoms in total. The summed E-state index contributed by atoms with van der Waals surface area (Å²) in [5.74, 6) is 2.08. The molecule has 0 fully saturated rings. The molecule has 0 spiro atoms. The lowest BCUT2D eigenvalue weighted by Gasteiger charge is -2.14. The van der Waals surface area contributed by atoms with Gasteiger partial charge in [-0.1, -0.05) is 118 Å². The molecule has 52 heavy (non-hydrogen) atoms. The Balaban J connectivity index is 1.18. The van der Waals surface area contributed by atoms with E-state index in [1.165, 1.54) is 25.7 Å². The topological polar surface area (TPSA) is 84.0 Å². The van der Waals surface area contributed by atoms with E-state index in [1.54, 1.807) is 24.3 Å². The zero-order valence-electron chi connectivity index (χ0n) is 29.8. The fraction of sp³-hybridized carbons (Fsp3) is 0.311. The van der Waals surface area contributed by atoms with Gasteiger partial charge in [-0.3, -0.25) is 14.6 Å². The van der Waals surface area contributed by atoms with Crippen molar-refractivity contribution in [1.29, 1.82) is 0 Å². The molecule has 4 aromatic carbocycles. The van der Waals surface area contributed by atoms with Crippen molar-refractivity contribution in [3.05, 3.63) is 149 Å². The van der Waals surface area contributed by atoms with Gasteiger partial charge < -0.3 is 18.9 Å². The zero-order chi connectivity index (χ0) is 35.8. The summed E-state index contributed by atoms with van der Waals surface area (Å²) in [7, 11) is 0. The van der Waals surface area contributed by atoms with Gasteiger partial charge in [-0.2, -0.15) is 0 Å². The van der Waals surface area contributed by atoms with Gasteiger partial charge in [0.05, 0.1) is 35.7 Å². The average Bonchev–Trinajstić information content (AvgIpc) is 3.19. The normalized spacial score (nSPS) is 15.0. The van der Waals surface area contributed by atoms with Crippen LogP contribution in [-0.4, -0.2) is 29.8 Å². The van der Waals surface area contributed by atoms with E-state index in [2.05, 4.69) is 0 Å². The molecule has 6 bridgehead atoms. The van der Waals surface area contributed by atoms with Crippen LogP contribution in [0, 0.1) is 0 Å². The Morgan fingerprint density at radius 3 is 1.25 bits per heavy atom. The number of hydrogen-bond donors (Lipinski definition) is 0. The second-order valence-electron chi connectivity index (χ2n) is 13.1. The van der Waals surface area contributed by atoms with Crippen molar-refractivity contribution in [3.63, 3.8) is 0 Å². The molecule has 268 valence electrons. The molecular formula is C45H47NO6. The number of pyridine rings is 1. The summed E-state index contributed by atoms with van der Waals surface area (Å²) in [6.45, 7) is 1.53. The summed E-state index contributed by atoms with van der Waals surface area (Å²) in [6.07, 6.45) is 11.2. The molecule has 0 atom stereocenters. The highest BCUT2D eigenvalue weighted by Crippen LogP contribution is 2.30. The quantitative estimate of drug-likeness (QED) is 0.173. The minimum Gasteiger partial charge on any atom is -0.493 e. The van der Waals surface area contributed by atoms with E-state index >= 15 is 0 Å². The Bertz CT molecular complexity index is 1760. The van der Waals surface area contributed by atoms with E-state index in [-0.39, 0.29) is 24.8 Å². The first kappa shape index (κ1) is 36.4. The van der Waals surface area contributed by atoms with Crippen LogP contribution in [-0.2, 0) is 13.2 Å². The van der Waals surface area contributed by atoms with Gasteiger partial charge in [-0.25, -0.2) is 0 Å². The second kappa shape index (κ2) is 19.3. The van der Waals surface area contributed by atoms with E-state index in [4.69, 9.17) is 23.9 Å². The van der Waals surface area contributed by atoms with Crippen molar-refractivity contribution in [2.45, 2.75) is 77.4 Å². The minimum atomic E-state index is -0.0806. The number of ketones is 2. The average molecular weight is 698 g/mol. The summed E-state index contributed by atoms with van der Waals surface area (Å²) in [5.41, 5.74) is 3.74. The first-order valence-electron chi connectivity index (χ1n) is 18.6. The van der Waals surface area contributed by atoms with E-state index in [0.29, 0.717) is 58.5 Å². The maximum atomic E-state index is 13.4. The highest BCUT2D eigenvalue weighted by atomic mass is 16.5. The van der Waals surface area contributed by atoms with Crippen LogP contribution in [0.5, 0.6) is 23.0 Å². The predicted octanol–water partition coefficient (Wildman–Crippen LogP) is 10.4. The number of aromatic nitrogens is 1. The summed E-state index contributed by atoms with van der Waals surface area (Å²) in [5, 5.41) is 0. The molecule has 0 N–H and O–H groups in total. The van der Waals surface area contributed by atoms with Crippen LogP contribution in [0.2, 0.25) is 0 Å². The van der Waals surface area contributed by atoms with Crippen molar-refractivity contribution in [3.8, 4) is 23.0 Å². The van der Waals surface area contributed by atoms with Crippen LogP contribution in [0.25, 0.3) is 0 Å². The Kier molecular flexibility index (Phi) is 13.5. The lowest BCUT2D eigenvalue weighted by molar-refractivity contribution is 0.102. The van der Waals surface area contributed by atoms with Gasteiger partial charge in [-0.15, -0.1) is 0 Å². The maximum Gasteiger partial charge on any atom is 0.196 e. The first-order chi connectivity index (χ1) is 25.6. The molecule has 0 radical (unpaired) electrons. The van der Waals surface area contributed by atoms with Crippen molar-refractivity contribution < 1.29 is 28.5 Å². The van der Waals surface area contributed by atoms with Gasteiger partial charge in [-0.05, 0) is 49.2 Å². The van der Waals surface area contributed by atoms with Gasteiger partial charge in [0.15, 0.2) is 11.6 Å². The number of benzene rings is 4. The minimum absolute atomic E-state index is 0.0806. The Morgan fingerprint density at radius 2 is 0.827 bits per heavy atom. The Hall–Kier alpha value is -5.43. The smallest absolute Gasteiger partial charge is 0.196 e. The van der Waals surface area contributed by atoms with E-state index in [9.17, 15) is 9.59 Å². The first-order valence-corrected chi connectivity index (χ1v) is 18.6. The summed E-state index contributed by atoms with van der Waals surface area (Å²) < 4.78 is 24.8. The van der Waals surface area contributed by atoms with Crippen LogP contribution in [0.15, 0.2) is 115 Å². The number of fused-ring (bicyclic) bond motifs is 6. The molecule has 0 unspecified atom stereocenters. The van der Waals surface area contributed by atoms with Gasteiger partial charge >= 0.3 is 0 Å². The van der Waals surface area contributed by atoms with Crippen molar-refractivity contribution in [1.82, 2.24) is 4.98 Å². The number of rotatable bonds is 4. The zero-order valence-corrected chi connectivity index (χ0v) is 29.8. The highest BCUT2D eigenvalue weighted by molar-refractivity contribution is 6.11. The monoisotopic (exact) mass is 697 g/mol. The fourth-order valence-corrected chi connectivity index (χ4v) is 6.28. The van der Waals surface area contributed by atoms with E-state index in [0.717, 1.165) is 49.9 Å². The molecule has 0 amide bonds. The third-order valence-electron chi connectivity index (χ3n) is 9.16. The molecule has 5 aromatic rings. The third kappa shape index (κ3) is 10.5. The lowest BCUT2D eigenvalue weighted by Crippen LogP contribution is -2.08. The van der Waals surface area contributed by atoms with Gasteiger partial charge in [0.25, 0.3) is 0 Å². The van der Waals surface area contributed by atoms with Gasteiger partial charge in [0, 0.05) is 23.3 Å². The number of carbonyl (C=O) groups excluding carboxylic acids is 2. The molecule has 0 aliphatic carbocycles. The molecule has 0 saturated heterocycles. The third-order valence-corrected chi connectivity index (χ3v) is 9.16. The van der Waals surface area contributed by atoms with Gasteiger partial charge in [0.1, 0.15) is 36.2 Å². The predicted molar refractivity (Wildman–Crippen MR) is 203 cm³/mol. The second-order valence-corrected chi connectivity index (χ2v) is 13.1. The SMILES string of the molecule is O=C(c1ccccc1)c1ccc2cc1OCCCCCCCCCCCCOc1cc(ccc1C(=O)c1ccccc1)OCc1cccc(n1)CO2. The van der Waals surface area contributed by atoms with E-state index < -0.39 is 0 Å². The number of ether oxygens (including phenoxy) is 4.